The van der Waals surface area contributed by atoms with E-state index in [4.69, 9.17) is 15.8 Å². The number of unbranched alkanes of at least 4 members (excludes halogenated alkanes) is 1. The van der Waals surface area contributed by atoms with Gasteiger partial charge in [0.05, 0.1) is 28.1 Å². The lowest BCUT2D eigenvalue weighted by Crippen LogP contribution is -2.36. The van der Waals surface area contributed by atoms with Crippen molar-refractivity contribution in [3.05, 3.63) is 86.8 Å². The van der Waals surface area contributed by atoms with E-state index in [0.29, 0.717) is 17.1 Å². The predicted octanol–water partition coefficient (Wildman–Crippen LogP) is 5.98. The number of nitrogens with zero attached hydrogens (tertiary/aromatic N) is 2. The highest BCUT2D eigenvalue weighted by molar-refractivity contribution is 7.98. The van der Waals surface area contributed by atoms with Gasteiger partial charge in [-0.3, -0.25) is 8.98 Å². The molecular formula is C26H31ClN2O4S2. The highest BCUT2D eigenvalue weighted by atomic mass is 35.5. The zero-order chi connectivity index (χ0) is 25.6. The van der Waals surface area contributed by atoms with Crippen molar-refractivity contribution >= 4 is 33.5 Å². The first-order valence-electron chi connectivity index (χ1n) is 11.4. The Labute approximate surface area is 216 Å². The maximum absolute atomic E-state index is 12.5. The molecule has 3 aromatic rings. The molecule has 3 rings (SSSR count). The first-order valence-corrected chi connectivity index (χ1v) is 14.2. The van der Waals surface area contributed by atoms with Crippen molar-refractivity contribution in [1.82, 2.24) is 9.78 Å². The molecule has 0 unspecified atom stereocenters. The van der Waals surface area contributed by atoms with Crippen molar-refractivity contribution in [1.29, 1.82) is 0 Å². The van der Waals surface area contributed by atoms with Crippen molar-refractivity contribution in [2.45, 2.75) is 68.0 Å². The topological polar surface area (TPSA) is 78.3 Å². The molecule has 0 atom stereocenters. The van der Waals surface area contributed by atoms with Gasteiger partial charge >= 0.3 is 0 Å². The molecule has 0 radical (unpaired) electrons. The lowest BCUT2D eigenvalue weighted by molar-refractivity contribution is 0.308. The van der Waals surface area contributed by atoms with Crippen LogP contribution < -0.4 is 5.56 Å². The molecule has 0 amide bonds. The molecule has 0 spiro atoms. The largest absolute Gasteiger partial charge is 0.296 e. The van der Waals surface area contributed by atoms with E-state index in [2.05, 4.69) is 29.4 Å². The first-order chi connectivity index (χ1) is 16.5. The highest BCUT2D eigenvalue weighted by Gasteiger charge is 2.19. The van der Waals surface area contributed by atoms with Crippen LogP contribution in [0.1, 0.15) is 50.3 Å². The van der Waals surface area contributed by atoms with Gasteiger partial charge in [0.15, 0.2) is 0 Å². The smallest absolute Gasteiger partial charge is 0.266 e. The van der Waals surface area contributed by atoms with Gasteiger partial charge in [-0.25, -0.2) is 4.68 Å². The van der Waals surface area contributed by atoms with E-state index >= 15 is 0 Å². The SMILES string of the molecule is Cc1ccc(S(=O)(=O)OCCCCc2ccc(CSc3cnn(C(C)(C)C)c(=O)c3Cl)cc2)cc1. The minimum absolute atomic E-state index is 0.160. The second kappa shape index (κ2) is 11.7. The molecular weight excluding hydrogens is 504 g/mol. The molecule has 1 aromatic heterocycles. The van der Waals surface area contributed by atoms with E-state index in [0.717, 1.165) is 24.0 Å². The van der Waals surface area contributed by atoms with Gasteiger partial charge in [0, 0.05) is 5.75 Å². The fourth-order valence-electron chi connectivity index (χ4n) is 3.33. The molecule has 9 heteroatoms. The van der Waals surface area contributed by atoms with Crippen LogP contribution in [0.15, 0.2) is 69.3 Å². The summed E-state index contributed by atoms with van der Waals surface area (Å²) < 4.78 is 31.0. The average molecular weight is 535 g/mol. The fraction of sp³-hybridized carbons (Fsp3) is 0.385. The van der Waals surface area contributed by atoms with Crippen molar-refractivity contribution < 1.29 is 12.6 Å². The number of benzene rings is 2. The van der Waals surface area contributed by atoms with Gasteiger partial charge in [0.1, 0.15) is 5.02 Å². The Morgan fingerprint density at radius 3 is 2.26 bits per heavy atom. The van der Waals surface area contributed by atoms with E-state index in [9.17, 15) is 13.2 Å². The quantitative estimate of drug-likeness (QED) is 0.181. The molecule has 0 saturated carbocycles. The normalized spacial score (nSPS) is 12.1. The lowest BCUT2D eigenvalue weighted by atomic mass is 10.1. The van der Waals surface area contributed by atoms with Crippen LogP contribution in [0, 0.1) is 6.92 Å². The molecule has 1 heterocycles. The third kappa shape index (κ3) is 7.67. The molecule has 0 saturated heterocycles. The molecule has 0 aliphatic rings. The Morgan fingerprint density at radius 1 is 1.00 bits per heavy atom. The van der Waals surface area contributed by atoms with Gasteiger partial charge in [0.2, 0.25) is 0 Å². The number of aromatic nitrogens is 2. The molecule has 0 fully saturated rings. The minimum atomic E-state index is -3.71. The summed E-state index contributed by atoms with van der Waals surface area (Å²) in [6.07, 6.45) is 3.95. The van der Waals surface area contributed by atoms with Crippen LogP contribution in [0.5, 0.6) is 0 Å². The summed E-state index contributed by atoms with van der Waals surface area (Å²) in [5, 5.41) is 4.47. The van der Waals surface area contributed by atoms with Gasteiger partial charge in [-0.2, -0.15) is 13.5 Å². The van der Waals surface area contributed by atoms with Gasteiger partial charge in [-0.1, -0.05) is 53.6 Å². The highest BCUT2D eigenvalue weighted by Crippen LogP contribution is 2.27. The van der Waals surface area contributed by atoms with Gasteiger partial charge in [0.25, 0.3) is 15.7 Å². The van der Waals surface area contributed by atoms with Crippen LogP contribution in [-0.2, 0) is 32.0 Å². The average Bonchev–Trinajstić information content (AvgIpc) is 2.80. The summed E-state index contributed by atoms with van der Waals surface area (Å²) in [6.45, 7) is 7.79. The molecule has 2 aromatic carbocycles. The second-order valence-electron chi connectivity index (χ2n) is 9.36. The molecule has 0 N–H and O–H groups in total. The molecule has 0 aliphatic heterocycles. The number of hydrogen-bond acceptors (Lipinski definition) is 6. The van der Waals surface area contributed by atoms with E-state index in [1.807, 2.05) is 27.7 Å². The van der Waals surface area contributed by atoms with Crippen LogP contribution in [-0.4, -0.2) is 24.8 Å². The third-order valence-corrected chi connectivity index (χ3v) is 8.25. The number of halogens is 1. The van der Waals surface area contributed by atoms with Crippen molar-refractivity contribution in [3.8, 4) is 0 Å². The van der Waals surface area contributed by atoms with Gasteiger partial charge in [-0.15, -0.1) is 11.8 Å². The molecule has 35 heavy (non-hydrogen) atoms. The Bertz CT molecular complexity index is 1300. The lowest BCUT2D eigenvalue weighted by Gasteiger charge is -2.21. The molecule has 0 bridgehead atoms. The summed E-state index contributed by atoms with van der Waals surface area (Å²) in [7, 11) is -3.71. The zero-order valence-corrected chi connectivity index (χ0v) is 22.8. The number of aryl methyl sites for hydroxylation is 2. The van der Waals surface area contributed by atoms with Crippen LogP contribution in [0.25, 0.3) is 0 Å². The molecule has 6 nitrogen and oxygen atoms in total. The maximum Gasteiger partial charge on any atom is 0.296 e. The Kier molecular flexibility index (Phi) is 9.21. The van der Waals surface area contributed by atoms with Crippen LogP contribution in [0.4, 0.5) is 0 Å². The zero-order valence-electron chi connectivity index (χ0n) is 20.5. The van der Waals surface area contributed by atoms with E-state index < -0.39 is 15.7 Å². The number of thioether (sulfide) groups is 1. The van der Waals surface area contributed by atoms with E-state index in [-0.39, 0.29) is 22.1 Å². The second-order valence-corrected chi connectivity index (χ2v) is 12.4. The first kappa shape index (κ1) is 27.5. The van der Waals surface area contributed by atoms with Gasteiger partial charge in [-0.05, 0) is 70.2 Å². The molecule has 188 valence electrons. The Hall–Kier alpha value is -2.13. The van der Waals surface area contributed by atoms with Crippen molar-refractivity contribution in [2.24, 2.45) is 0 Å². The van der Waals surface area contributed by atoms with Crippen LogP contribution in [0.3, 0.4) is 0 Å². The summed E-state index contributed by atoms with van der Waals surface area (Å²) in [4.78, 5) is 13.3. The standard InChI is InChI=1S/C26H31ClN2O4S2/c1-19-8-14-22(15-9-19)35(31,32)33-16-6-5-7-20-10-12-21(13-11-20)18-34-23-17-28-29(26(2,3)4)25(30)24(23)27/h8-15,17H,5-7,16,18H2,1-4H3. The summed E-state index contributed by atoms with van der Waals surface area (Å²) in [6, 6.07) is 14.9. The Balaban J connectivity index is 1.45. The maximum atomic E-state index is 12.5. The Morgan fingerprint density at radius 2 is 1.63 bits per heavy atom. The van der Waals surface area contributed by atoms with E-state index in [1.165, 1.54) is 22.0 Å². The fourth-order valence-corrected chi connectivity index (χ4v) is 5.42. The van der Waals surface area contributed by atoms with E-state index in [1.54, 1.807) is 30.5 Å². The van der Waals surface area contributed by atoms with Crippen molar-refractivity contribution in [3.63, 3.8) is 0 Å². The minimum Gasteiger partial charge on any atom is -0.266 e. The summed E-state index contributed by atoms with van der Waals surface area (Å²) in [5.74, 6) is 0.672. The summed E-state index contributed by atoms with van der Waals surface area (Å²) in [5.41, 5.74) is 2.58. The number of hydrogen-bond donors (Lipinski definition) is 0. The monoisotopic (exact) mass is 534 g/mol. The van der Waals surface area contributed by atoms with Crippen molar-refractivity contribution in [2.75, 3.05) is 6.61 Å². The number of rotatable bonds is 10. The molecule has 0 aliphatic carbocycles. The predicted molar refractivity (Wildman–Crippen MR) is 142 cm³/mol. The third-order valence-electron chi connectivity index (χ3n) is 5.35. The van der Waals surface area contributed by atoms with Crippen LogP contribution in [0.2, 0.25) is 5.02 Å². The van der Waals surface area contributed by atoms with Gasteiger partial charge < -0.3 is 0 Å². The van der Waals surface area contributed by atoms with Crippen LogP contribution >= 0.6 is 23.4 Å². The summed E-state index contributed by atoms with van der Waals surface area (Å²) >= 11 is 7.79.